The number of nitrogens with zero attached hydrogens (tertiary/aromatic N) is 3. The van der Waals surface area contributed by atoms with Crippen LogP contribution in [0.2, 0.25) is 0 Å². The van der Waals surface area contributed by atoms with Crippen molar-refractivity contribution < 1.29 is 13.9 Å². The fourth-order valence-corrected chi connectivity index (χ4v) is 6.70. The number of fused-ring (bicyclic) bond motifs is 2. The largest absolute Gasteiger partial charge is 0.445 e. The van der Waals surface area contributed by atoms with Crippen molar-refractivity contribution in [1.29, 1.82) is 0 Å². The molecule has 9 heteroatoms. The number of amides is 1. The van der Waals surface area contributed by atoms with Crippen molar-refractivity contribution in [1.82, 2.24) is 14.9 Å². The van der Waals surface area contributed by atoms with E-state index in [0.29, 0.717) is 17.7 Å². The van der Waals surface area contributed by atoms with Gasteiger partial charge in [0.15, 0.2) is 5.82 Å². The molecule has 0 bridgehead atoms. The van der Waals surface area contributed by atoms with Gasteiger partial charge in [-0.3, -0.25) is 0 Å². The molecule has 6 nitrogen and oxygen atoms in total. The van der Waals surface area contributed by atoms with Crippen molar-refractivity contribution >= 4 is 60.6 Å². The number of ether oxygens (including phenoxy) is 1. The molecular formula is C27H23FN4O2S2. The van der Waals surface area contributed by atoms with Crippen molar-refractivity contribution in [2.45, 2.75) is 31.9 Å². The van der Waals surface area contributed by atoms with E-state index in [1.807, 2.05) is 47.4 Å². The van der Waals surface area contributed by atoms with Crippen molar-refractivity contribution in [3.05, 3.63) is 82.6 Å². The minimum Gasteiger partial charge on any atom is -0.445 e. The van der Waals surface area contributed by atoms with E-state index in [-0.39, 0.29) is 30.5 Å². The highest BCUT2D eigenvalue weighted by molar-refractivity contribution is 7.18. The molecule has 1 aliphatic rings. The molecular weight excluding hydrogens is 495 g/mol. The molecule has 36 heavy (non-hydrogen) atoms. The fraction of sp³-hybridized carbons (Fsp3) is 0.222. The van der Waals surface area contributed by atoms with Crippen LogP contribution in [0.5, 0.6) is 0 Å². The number of thiazole rings is 1. The standard InChI is InChI=1S/C27H23FN4O2S2/c1-16-18(10-12-32(16)27(33)34-14-17-5-3-2-4-6-17)23-13-19-20(9-11-29-26(19)36-23)31-21-7-8-22-25(24(21)28)30-15-35-22/h2-9,11,13,15-16,18H,10,12,14H2,1H3,(H,29,31). The van der Waals surface area contributed by atoms with Crippen LogP contribution in [0.4, 0.5) is 20.6 Å². The smallest absolute Gasteiger partial charge is 0.410 e. The van der Waals surface area contributed by atoms with Gasteiger partial charge in [0.1, 0.15) is 17.0 Å². The van der Waals surface area contributed by atoms with Crippen LogP contribution in [0.3, 0.4) is 0 Å². The average Bonchev–Trinajstić information content (AvgIpc) is 3.63. The van der Waals surface area contributed by atoms with Gasteiger partial charge < -0.3 is 15.0 Å². The minimum atomic E-state index is -0.358. The lowest BCUT2D eigenvalue weighted by atomic mass is 9.99. The van der Waals surface area contributed by atoms with Crippen LogP contribution >= 0.6 is 22.7 Å². The number of nitrogens with one attached hydrogen (secondary N) is 1. The topological polar surface area (TPSA) is 67.4 Å². The molecule has 0 spiro atoms. The quantitative estimate of drug-likeness (QED) is 0.264. The Labute approximate surface area is 215 Å². The Kier molecular flexibility index (Phi) is 6.02. The lowest BCUT2D eigenvalue weighted by Gasteiger charge is -2.23. The lowest BCUT2D eigenvalue weighted by molar-refractivity contribution is 0.0934. The Morgan fingerprint density at radius 3 is 2.89 bits per heavy atom. The van der Waals surface area contributed by atoms with Gasteiger partial charge in [-0.1, -0.05) is 30.3 Å². The van der Waals surface area contributed by atoms with Gasteiger partial charge >= 0.3 is 6.09 Å². The van der Waals surface area contributed by atoms with E-state index in [9.17, 15) is 9.18 Å². The first-order valence-corrected chi connectivity index (χ1v) is 13.4. The van der Waals surface area contributed by atoms with Crippen LogP contribution in [-0.2, 0) is 11.3 Å². The Morgan fingerprint density at radius 2 is 2.03 bits per heavy atom. The molecule has 1 aliphatic heterocycles. The van der Waals surface area contributed by atoms with Crippen LogP contribution in [0.1, 0.15) is 29.7 Å². The summed E-state index contributed by atoms with van der Waals surface area (Å²) in [5.41, 5.74) is 4.17. The van der Waals surface area contributed by atoms with Gasteiger partial charge in [0.2, 0.25) is 0 Å². The number of thiophene rings is 1. The summed E-state index contributed by atoms with van der Waals surface area (Å²) in [4.78, 5) is 25.3. The first-order valence-electron chi connectivity index (χ1n) is 11.7. The summed E-state index contributed by atoms with van der Waals surface area (Å²) in [6.45, 7) is 2.97. The van der Waals surface area contributed by atoms with E-state index >= 15 is 0 Å². The van der Waals surface area contributed by atoms with Gasteiger partial charge in [-0.05, 0) is 43.2 Å². The molecule has 6 rings (SSSR count). The van der Waals surface area contributed by atoms with Gasteiger partial charge in [0.05, 0.1) is 21.6 Å². The molecule has 5 aromatic rings. The van der Waals surface area contributed by atoms with Crippen molar-refractivity contribution in [2.24, 2.45) is 0 Å². The number of hydrogen-bond donors (Lipinski definition) is 1. The van der Waals surface area contributed by atoms with Gasteiger partial charge in [-0.2, -0.15) is 0 Å². The predicted molar refractivity (Wildman–Crippen MR) is 143 cm³/mol. The number of carbonyl (C=O) groups excluding carboxylic acids is 1. The summed E-state index contributed by atoms with van der Waals surface area (Å²) in [6, 6.07) is 17.3. The Morgan fingerprint density at radius 1 is 1.17 bits per heavy atom. The van der Waals surface area contributed by atoms with Gasteiger partial charge in [0, 0.05) is 35.0 Å². The molecule has 4 heterocycles. The maximum atomic E-state index is 15.0. The zero-order chi connectivity index (χ0) is 24.6. The zero-order valence-corrected chi connectivity index (χ0v) is 21.1. The molecule has 1 amide bonds. The molecule has 182 valence electrons. The van der Waals surface area contributed by atoms with Crippen molar-refractivity contribution in [2.75, 3.05) is 11.9 Å². The monoisotopic (exact) mass is 518 g/mol. The summed E-state index contributed by atoms with van der Waals surface area (Å²) >= 11 is 3.04. The van der Waals surface area contributed by atoms with Gasteiger partial charge in [0.25, 0.3) is 0 Å². The number of hydrogen-bond acceptors (Lipinski definition) is 7. The number of pyridine rings is 1. The van der Waals surface area contributed by atoms with E-state index in [1.54, 1.807) is 29.1 Å². The molecule has 1 fully saturated rings. The molecule has 2 unspecified atom stereocenters. The molecule has 1 N–H and O–H groups in total. The molecule has 0 saturated carbocycles. The second-order valence-corrected chi connectivity index (χ2v) is 10.8. The first kappa shape index (κ1) is 22.9. The van der Waals surface area contributed by atoms with Crippen LogP contribution in [0.15, 0.2) is 66.3 Å². The van der Waals surface area contributed by atoms with Gasteiger partial charge in [-0.15, -0.1) is 22.7 Å². The lowest BCUT2D eigenvalue weighted by Crippen LogP contribution is -2.35. The molecule has 1 saturated heterocycles. The van der Waals surface area contributed by atoms with Crippen LogP contribution in [0.25, 0.3) is 20.4 Å². The van der Waals surface area contributed by atoms with E-state index < -0.39 is 0 Å². The number of likely N-dealkylation sites (tertiary alicyclic amines) is 1. The average molecular weight is 519 g/mol. The number of rotatable bonds is 5. The third-order valence-corrected chi connectivity index (χ3v) is 8.69. The molecule has 0 radical (unpaired) electrons. The SMILES string of the molecule is CC1C(c2cc3c(Nc4ccc5scnc5c4F)ccnc3s2)CCN1C(=O)OCc1ccccc1. The summed E-state index contributed by atoms with van der Waals surface area (Å²) in [5.74, 6) is -0.173. The zero-order valence-electron chi connectivity index (χ0n) is 19.5. The number of anilines is 2. The highest BCUT2D eigenvalue weighted by atomic mass is 32.1. The van der Waals surface area contributed by atoms with Crippen molar-refractivity contribution in [3.8, 4) is 0 Å². The fourth-order valence-electron chi connectivity index (χ4n) is 4.77. The normalized spacial score (nSPS) is 17.7. The van der Waals surface area contributed by atoms with Crippen LogP contribution in [-0.4, -0.2) is 33.5 Å². The predicted octanol–water partition coefficient (Wildman–Crippen LogP) is 7.30. The molecule has 0 aliphatic carbocycles. The maximum Gasteiger partial charge on any atom is 0.410 e. The highest BCUT2D eigenvalue weighted by Crippen LogP contribution is 2.41. The summed E-state index contributed by atoms with van der Waals surface area (Å²) in [5, 5.41) is 4.18. The van der Waals surface area contributed by atoms with E-state index in [4.69, 9.17) is 4.74 Å². The second-order valence-electron chi connectivity index (χ2n) is 8.85. The first-order chi connectivity index (χ1) is 17.6. The van der Waals surface area contributed by atoms with Crippen molar-refractivity contribution in [3.63, 3.8) is 0 Å². The Hall–Kier alpha value is -3.56. The number of carbonyl (C=O) groups is 1. The third kappa shape index (κ3) is 4.18. The Bertz CT molecular complexity index is 1550. The number of benzene rings is 2. The van der Waals surface area contributed by atoms with Crippen LogP contribution < -0.4 is 5.32 Å². The molecule has 2 aromatic carbocycles. The third-order valence-electron chi connectivity index (χ3n) is 6.72. The summed E-state index contributed by atoms with van der Waals surface area (Å²) < 4.78 is 21.4. The molecule has 3 aromatic heterocycles. The van der Waals surface area contributed by atoms with Gasteiger partial charge in [-0.25, -0.2) is 19.2 Å². The number of halogens is 1. The van der Waals surface area contributed by atoms with E-state index in [2.05, 4.69) is 28.3 Å². The Balaban J connectivity index is 1.21. The maximum absolute atomic E-state index is 15.0. The minimum absolute atomic E-state index is 0.00209. The van der Waals surface area contributed by atoms with E-state index in [0.717, 1.165) is 37.5 Å². The highest BCUT2D eigenvalue weighted by Gasteiger charge is 2.36. The summed E-state index contributed by atoms with van der Waals surface area (Å²) in [6.07, 6.45) is 2.30. The second kappa shape index (κ2) is 9.48. The summed E-state index contributed by atoms with van der Waals surface area (Å²) in [7, 11) is 0. The van der Waals surface area contributed by atoms with Crippen LogP contribution in [0, 0.1) is 5.82 Å². The number of aromatic nitrogens is 2. The van der Waals surface area contributed by atoms with E-state index in [1.165, 1.54) is 11.3 Å². The molecule has 2 atom stereocenters.